The van der Waals surface area contributed by atoms with Gasteiger partial charge < -0.3 is 14.2 Å². The van der Waals surface area contributed by atoms with E-state index in [9.17, 15) is 18.0 Å². The Morgan fingerprint density at radius 1 is 1.24 bits per heavy atom. The molecule has 9 heteroatoms. The molecule has 1 amide bonds. The molecule has 1 aliphatic heterocycles. The molecule has 0 aromatic carbocycles. The first-order valence-corrected chi connectivity index (χ1v) is 11.8. The Kier molecular flexibility index (Phi) is 7.87. The number of sulfonamides is 1. The SMILES string of the molecule is CCC1CCCCN1C(=O)C(C)OC(=O)c1cc(S(=O)(=O)N(CC)CC)cn1C. The third kappa shape index (κ3) is 5.01. The van der Waals surface area contributed by atoms with E-state index in [0.717, 1.165) is 25.7 Å². The van der Waals surface area contributed by atoms with Crippen molar-refractivity contribution in [1.82, 2.24) is 13.8 Å². The number of rotatable bonds is 8. The number of hydrogen-bond acceptors (Lipinski definition) is 5. The summed E-state index contributed by atoms with van der Waals surface area (Å²) in [4.78, 5) is 27.3. The van der Waals surface area contributed by atoms with Crippen molar-refractivity contribution in [3.05, 3.63) is 18.0 Å². The standard InChI is InChI=1S/C20H33N3O5S/c1-6-16-11-9-10-12-23(16)19(24)15(4)28-20(25)18-13-17(14-21(18)5)29(26,27)22(7-2)8-3/h13-16H,6-12H2,1-5H3. The average molecular weight is 428 g/mol. The summed E-state index contributed by atoms with van der Waals surface area (Å²) in [6.07, 6.45) is 4.36. The van der Waals surface area contributed by atoms with Gasteiger partial charge in [-0.25, -0.2) is 13.2 Å². The van der Waals surface area contributed by atoms with E-state index < -0.39 is 22.1 Å². The van der Waals surface area contributed by atoms with E-state index in [1.165, 1.54) is 21.1 Å². The van der Waals surface area contributed by atoms with Gasteiger partial charge in [-0.3, -0.25) is 4.79 Å². The van der Waals surface area contributed by atoms with Crippen molar-refractivity contribution < 1.29 is 22.7 Å². The summed E-state index contributed by atoms with van der Waals surface area (Å²) in [6, 6.07) is 1.49. The van der Waals surface area contributed by atoms with Crippen molar-refractivity contribution in [2.45, 2.75) is 70.4 Å². The highest BCUT2D eigenvalue weighted by molar-refractivity contribution is 7.89. The van der Waals surface area contributed by atoms with Gasteiger partial charge in [-0.1, -0.05) is 20.8 Å². The third-order valence-electron chi connectivity index (χ3n) is 5.55. The molecule has 1 fully saturated rings. The first-order valence-electron chi connectivity index (χ1n) is 10.3. The second kappa shape index (κ2) is 9.75. The summed E-state index contributed by atoms with van der Waals surface area (Å²) in [5.41, 5.74) is 0.0982. The largest absolute Gasteiger partial charge is 0.448 e. The number of ether oxygens (including phenoxy) is 1. The first-order chi connectivity index (χ1) is 13.7. The van der Waals surface area contributed by atoms with E-state index in [-0.39, 0.29) is 22.5 Å². The highest BCUT2D eigenvalue weighted by Crippen LogP contribution is 2.22. The quantitative estimate of drug-likeness (QED) is 0.595. The molecule has 0 N–H and O–H groups in total. The van der Waals surface area contributed by atoms with Crippen LogP contribution in [0, 0.1) is 0 Å². The number of esters is 1. The van der Waals surface area contributed by atoms with Crippen molar-refractivity contribution in [2.75, 3.05) is 19.6 Å². The topological polar surface area (TPSA) is 88.9 Å². The van der Waals surface area contributed by atoms with Crippen LogP contribution >= 0.6 is 0 Å². The number of piperidine rings is 1. The summed E-state index contributed by atoms with van der Waals surface area (Å²) in [5, 5.41) is 0. The highest BCUT2D eigenvalue weighted by Gasteiger charge is 2.32. The molecular formula is C20H33N3O5S. The highest BCUT2D eigenvalue weighted by atomic mass is 32.2. The molecule has 164 valence electrons. The maximum atomic E-state index is 12.8. The summed E-state index contributed by atoms with van der Waals surface area (Å²) < 4.78 is 33.5. The molecule has 0 spiro atoms. The molecule has 0 bridgehead atoms. The van der Waals surface area contributed by atoms with Crippen LogP contribution in [0.3, 0.4) is 0 Å². The second-order valence-electron chi connectivity index (χ2n) is 7.40. The number of carbonyl (C=O) groups excluding carboxylic acids is 2. The number of likely N-dealkylation sites (tertiary alicyclic amines) is 1. The zero-order chi connectivity index (χ0) is 21.8. The fraction of sp³-hybridized carbons (Fsp3) is 0.700. The molecule has 0 radical (unpaired) electrons. The summed E-state index contributed by atoms with van der Waals surface area (Å²) in [6.45, 7) is 8.50. The Labute approximate surface area is 173 Å². The number of aryl methyl sites for hydroxylation is 1. The monoisotopic (exact) mass is 427 g/mol. The van der Waals surface area contributed by atoms with Gasteiger partial charge >= 0.3 is 5.97 Å². The van der Waals surface area contributed by atoms with Crippen LogP contribution in [0.4, 0.5) is 0 Å². The minimum absolute atomic E-state index is 0.0386. The fourth-order valence-electron chi connectivity index (χ4n) is 3.81. The van der Waals surface area contributed by atoms with Gasteiger partial charge in [-0.05, 0) is 38.7 Å². The second-order valence-corrected chi connectivity index (χ2v) is 9.34. The number of hydrogen-bond donors (Lipinski definition) is 0. The van der Waals surface area contributed by atoms with Gasteiger partial charge in [0.05, 0.1) is 0 Å². The van der Waals surface area contributed by atoms with E-state index in [2.05, 4.69) is 6.92 Å². The summed E-state index contributed by atoms with van der Waals surface area (Å²) >= 11 is 0. The van der Waals surface area contributed by atoms with E-state index in [1.54, 1.807) is 27.8 Å². The van der Waals surface area contributed by atoms with Crippen LogP contribution in [-0.2, 0) is 26.6 Å². The average Bonchev–Trinajstić information content (AvgIpc) is 3.10. The Balaban J connectivity index is 2.15. The maximum absolute atomic E-state index is 12.8. The zero-order valence-electron chi connectivity index (χ0n) is 18.1. The Bertz CT molecular complexity index is 829. The van der Waals surface area contributed by atoms with E-state index in [1.807, 2.05) is 4.90 Å². The van der Waals surface area contributed by atoms with Gasteiger partial charge in [0.2, 0.25) is 10.0 Å². The normalized spacial score (nSPS) is 18.7. The molecule has 1 aromatic heterocycles. The minimum atomic E-state index is -3.68. The molecular weight excluding hydrogens is 394 g/mol. The van der Waals surface area contributed by atoms with Crippen molar-refractivity contribution >= 4 is 21.9 Å². The molecule has 2 unspecified atom stereocenters. The van der Waals surface area contributed by atoms with Crippen LogP contribution in [0.2, 0.25) is 0 Å². The molecule has 1 aromatic rings. The summed E-state index contributed by atoms with van der Waals surface area (Å²) in [5.74, 6) is -0.908. The number of amides is 1. The van der Waals surface area contributed by atoms with Crippen molar-refractivity contribution in [1.29, 1.82) is 0 Å². The molecule has 1 aliphatic rings. The van der Waals surface area contributed by atoms with E-state index in [0.29, 0.717) is 19.6 Å². The minimum Gasteiger partial charge on any atom is -0.448 e. The van der Waals surface area contributed by atoms with Gasteiger partial charge in [0, 0.05) is 38.9 Å². The maximum Gasteiger partial charge on any atom is 0.355 e. The molecule has 2 heterocycles. The lowest BCUT2D eigenvalue weighted by atomic mass is 9.99. The van der Waals surface area contributed by atoms with Crippen molar-refractivity contribution in [3.8, 4) is 0 Å². The predicted octanol–water partition coefficient (Wildman–Crippen LogP) is 2.39. The van der Waals surface area contributed by atoms with Crippen LogP contribution in [0.25, 0.3) is 0 Å². The lowest BCUT2D eigenvalue weighted by Gasteiger charge is -2.36. The van der Waals surface area contributed by atoms with Crippen LogP contribution in [0.15, 0.2) is 17.2 Å². The fourth-order valence-corrected chi connectivity index (χ4v) is 5.34. The molecule has 1 saturated heterocycles. The zero-order valence-corrected chi connectivity index (χ0v) is 18.9. The lowest BCUT2D eigenvalue weighted by molar-refractivity contribution is -0.143. The number of carbonyl (C=O) groups is 2. The van der Waals surface area contributed by atoms with Crippen LogP contribution in [-0.4, -0.2) is 65.8 Å². The number of aromatic nitrogens is 1. The van der Waals surface area contributed by atoms with Gasteiger partial charge in [0.25, 0.3) is 5.91 Å². The smallest absolute Gasteiger partial charge is 0.355 e. The lowest BCUT2D eigenvalue weighted by Crippen LogP contribution is -2.48. The molecule has 2 rings (SSSR count). The Hall–Kier alpha value is -1.87. The van der Waals surface area contributed by atoms with Crippen molar-refractivity contribution in [2.24, 2.45) is 7.05 Å². The van der Waals surface area contributed by atoms with Gasteiger partial charge in [-0.2, -0.15) is 4.31 Å². The predicted molar refractivity (Wildman–Crippen MR) is 110 cm³/mol. The molecule has 2 atom stereocenters. The third-order valence-corrected chi connectivity index (χ3v) is 7.56. The van der Waals surface area contributed by atoms with Gasteiger partial charge in [-0.15, -0.1) is 0 Å². The van der Waals surface area contributed by atoms with Gasteiger partial charge in [0.15, 0.2) is 6.10 Å². The van der Waals surface area contributed by atoms with E-state index >= 15 is 0 Å². The Morgan fingerprint density at radius 2 is 1.90 bits per heavy atom. The molecule has 29 heavy (non-hydrogen) atoms. The van der Waals surface area contributed by atoms with Crippen molar-refractivity contribution in [3.63, 3.8) is 0 Å². The number of nitrogens with zero attached hydrogens (tertiary/aromatic N) is 3. The first kappa shape index (κ1) is 23.4. The molecule has 8 nitrogen and oxygen atoms in total. The van der Waals surface area contributed by atoms with Crippen LogP contribution in [0.5, 0.6) is 0 Å². The summed E-state index contributed by atoms with van der Waals surface area (Å²) in [7, 11) is -2.09. The van der Waals surface area contributed by atoms with Crippen LogP contribution in [0.1, 0.15) is 63.9 Å². The van der Waals surface area contributed by atoms with E-state index in [4.69, 9.17) is 4.74 Å². The molecule has 0 aliphatic carbocycles. The van der Waals surface area contributed by atoms with Crippen LogP contribution < -0.4 is 0 Å². The molecule has 0 saturated carbocycles. The Morgan fingerprint density at radius 3 is 2.48 bits per heavy atom. The van der Waals surface area contributed by atoms with Gasteiger partial charge in [0.1, 0.15) is 10.6 Å².